The number of para-hydroxylation sites is 1. The molecule has 7 heterocycles. The smallest absolute Gasteiger partial charge is 0.435 e. The number of aliphatic hydroxyl groups is 1. The van der Waals surface area contributed by atoms with Crippen LogP contribution in [0.2, 0.25) is 0 Å². The Kier molecular flexibility index (Phi) is 12.8. The molecule has 372 valence electrons. The van der Waals surface area contributed by atoms with Crippen LogP contribution in [0.3, 0.4) is 0 Å². The molecule has 0 bridgehead atoms. The van der Waals surface area contributed by atoms with Gasteiger partial charge >= 0.3 is 7.75 Å². The summed E-state index contributed by atoms with van der Waals surface area (Å²) in [7, 11) is 0.273. The summed E-state index contributed by atoms with van der Waals surface area (Å²) in [5.74, 6) is 1.72. The topological polar surface area (TPSA) is 254 Å². The van der Waals surface area contributed by atoms with Gasteiger partial charge in [-0.3, -0.25) is 22.9 Å². The van der Waals surface area contributed by atoms with E-state index in [1.165, 1.54) is 26.1 Å². The minimum Gasteiger partial charge on any atom is -0.497 e. The molecule has 0 spiro atoms. The van der Waals surface area contributed by atoms with Crippen molar-refractivity contribution in [2.75, 3.05) is 57.2 Å². The maximum atomic E-state index is 16.1. The predicted molar refractivity (Wildman–Crippen MR) is 263 cm³/mol. The van der Waals surface area contributed by atoms with Crippen LogP contribution in [0.5, 0.6) is 11.5 Å². The number of aromatic nitrogens is 8. The minimum absolute atomic E-state index is 0.0942. The van der Waals surface area contributed by atoms with Crippen LogP contribution in [0, 0.1) is 0 Å². The average molecular weight is 998 g/mol. The molecule has 0 saturated carbocycles. The number of hydrogen-bond acceptors (Lipinski definition) is 18. The van der Waals surface area contributed by atoms with Gasteiger partial charge in [-0.05, 0) is 59.0 Å². The Labute approximate surface area is 413 Å². The SMILES string of the molecule is COc1ccc(C(OC[C@H]2O[C@@H](n3cnc4c(N)ncnc43)C[C@@H]2OP(=O)(OC[C@H]2O[C@@H](n3cnc4c(N)ncnc43)[C@H](OC)[C@@H]2O)N2CCc3ccccc32)(c2ccccc2)c2ccc(OC)cc2)cc1. The molecule has 22 heteroatoms. The number of aliphatic hydroxyl groups excluding tert-OH is 1. The standard InChI is InChI=1S/C50H52N11O10P/c1-64-34-17-13-32(14-18-34)50(31-10-5-4-6-11-31,33-15-19-35(65-2)20-16-33)67-24-38-37(23-40(69-38)59-28-57-41-45(51)53-26-55-47(41)59)71-72(63,61-22-21-30-9-7-8-12-36(30)61)68-25-39-43(62)44(66-3)49(70-39)60-29-58-42-46(52)54-27-56-48(42)60/h4-20,26-29,37-40,43-44,49,62H,21-25H2,1-3H3,(H2,51,53,55)(H2,52,54,56)/t37-,38+,39+,40+,43+,44+,49+,72?/m0/s1. The van der Waals surface area contributed by atoms with Gasteiger partial charge in [0, 0.05) is 25.8 Å². The van der Waals surface area contributed by atoms with Gasteiger partial charge in [-0.2, -0.15) is 0 Å². The van der Waals surface area contributed by atoms with E-state index in [0.717, 1.165) is 22.3 Å². The van der Waals surface area contributed by atoms with Gasteiger partial charge in [-0.25, -0.2) is 34.5 Å². The molecule has 21 nitrogen and oxygen atoms in total. The molecular formula is C50H52N11O10P. The van der Waals surface area contributed by atoms with E-state index in [9.17, 15) is 5.11 Å². The first-order valence-electron chi connectivity index (χ1n) is 23.3. The van der Waals surface area contributed by atoms with Crippen LogP contribution in [0.15, 0.2) is 128 Å². The highest BCUT2D eigenvalue weighted by molar-refractivity contribution is 7.55. The van der Waals surface area contributed by atoms with Crippen LogP contribution in [-0.2, 0) is 44.6 Å². The van der Waals surface area contributed by atoms with Crippen molar-refractivity contribution in [3.8, 4) is 11.5 Å². The molecule has 8 atom stereocenters. The fourth-order valence-corrected chi connectivity index (χ4v) is 12.0. The van der Waals surface area contributed by atoms with E-state index in [4.69, 9.17) is 48.9 Å². The molecule has 3 aliphatic rings. The van der Waals surface area contributed by atoms with E-state index in [1.807, 2.05) is 103 Å². The number of benzene rings is 4. The first-order chi connectivity index (χ1) is 35.1. The van der Waals surface area contributed by atoms with Crippen molar-refractivity contribution in [2.45, 2.75) is 61.4 Å². The fourth-order valence-electron chi connectivity index (χ4n) is 9.96. The molecule has 0 amide bonds. The molecule has 3 aliphatic heterocycles. The molecule has 0 radical (unpaired) electrons. The maximum Gasteiger partial charge on any atom is 0.435 e. The highest BCUT2D eigenvalue weighted by Gasteiger charge is 2.51. The van der Waals surface area contributed by atoms with Gasteiger partial charge in [-0.1, -0.05) is 72.8 Å². The Morgan fingerprint density at radius 3 is 1.94 bits per heavy atom. The predicted octanol–water partition coefficient (Wildman–Crippen LogP) is 5.99. The lowest BCUT2D eigenvalue weighted by atomic mass is 9.80. The van der Waals surface area contributed by atoms with Gasteiger partial charge in [0.05, 0.1) is 40.1 Å². The minimum atomic E-state index is -4.42. The van der Waals surface area contributed by atoms with E-state index in [1.54, 1.807) is 34.4 Å². The van der Waals surface area contributed by atoms with Gasteiger partial charge in [-0.15, -0.1) is 0 Å². The molecule has 4 aromatic heterocycles. The van der Waals surface area contributed by atoms with Crippen molar-refractivity contribution in [1.29, 1.82) is 0 Å². The van der Waals surface area contributed by atoms with Gasteiger partial charge in [0.25, 0.3) is 0 Å². The molecule has 0 aliphatic carbocycles. The number of nitrogen functional groups attached to an aromatic ring is 2. The molecule has 1 unspecified atom stereocenters. The highest BCUT2D eigenvalue weighted by Crippen LogP contribution is 2.60. The highest BCUT2D eigenvalue weighted by atomic mass is 31.2. The number of nitrogens with zero attached hydrogens (tertiary/aromatic N) is 9. The molecule has 8 aromatic rings. The van der Waals surface area contributed by atoms with Crippen molar-refractivity contribution >= 4 is 47.4 Å². The Bertz CT molecular complexity index is 3190. The van der Waals surface area contributed by atoms with Crippen LogP contribution in [0.25, 0.3) is 22.3 Å². The van der Waals surface area contributed by atoms with Gasteiger partial charge < -0.3 is 45.0 Å². The lowest BCUT2D eigenvalue weighted by Gasteiger charge is -2.38. The van der Waals surface area contributed by atoms with Crippen LogP contribution >= 0.6 is 7.75 Å². The lowest BCUT2D eigenvalue weighted by molar-refractivity contribution is -0.0921. The number of anilines is 3. The zero-order valence-electron chi connectivity index (χ0n) is 39.4. The Balaban J connectivity index is 0.968. The quantitative estimate of drug-likeness (QED) is 0.0699. The van der Waals surface area contributed by atoms with Gasteiger partial charge in [0.2, 0.25) is 0 Å². The summed E-state index contributed by atoms with van der Waals surface area (Å²) < 4.78 is 72.5. The second-order valence-corrected chi connectivity index (χ2v) is 19.4. The largest absolute Gasteiger partial charge is 0.497 e. The zero-order valence-corrected chi connectivity index (χ0v) is 40.3. The maximum absolute atomic E-state index is 16.1. The molecular weight excluding hydrogens is 946 g/mol. The van der Waals surface area contributed by atoms with E-state index >= 15 is 4.57 Å². The third-order valence-corrected chi connectivity index (χ3v) is 15.6. The zero-order chi connectivity index (χ0) is 49.6. The summed E-state index contributed by atoms with van der Waals surface area (Å²) >= 11 is 0. The molecule has 72 heavy (non-hydrogen) atoms. The third kappa shape index (κ3) is 8.36. The van der Waals surface area contributed by atoms with Crippen LogP contribution in [0.4, 0.5) is 17.3 Å². The summed E-state index contributed by atoms with van der Waals surface area (Å²) in [6, 6.07) is 32.9. The Hall–Kier alpha value is -7.07. The molecule has 5 N–H and O–H groups in total. The average Bonchev–Trinajstić information content (AvgIpc) is 4.27. The number of hydrogen-bond donors (Lipinski definition) is 3. The first-order valence-corrected chi connectivity index (χ1v) is 24.8. The summed E-state index contributed by atoms with van der Waals surface area (Å²) in [6.45, 7) is -0.157. The van der Waals surface area contributed by atoms with Gasteiger partial charge in [0.15, 0.2) is 29.2 Å². The van der Waals surface area contributed by atoms with Crippen molar-refractivity contribution in [3.05, 3.63) is 151 Å². The number of ether oxygens (including phenoxy) is 6. The number of methoxy groups -OCH3 is 3. The van der Waals surface area contributed by atoms with Gasteiger partial charge in [0.1, 0.15) is 77.5 Å². The molecule has 2 fully saturated rings. The second-order valence-electron chi connectivity index (χ2n) is 17.5. The summed E-state index contributed by atoms with van der Waals surface area (Å²) in [5, 5.41) is 11.8. The van der Waals surface area contributed by atoms with Crippen molar-refractivity contribution in [3.63, 3.8) is 0 Å². The number of fused-ring (bicyclic) bond motifs is 3. The normalized spacial score (nSPS) is 22.9. The van der Waals surface area contributed by atoms with E-state index in [-0.39, 0.29) is 31.3 Å². The molecule has 2 saturated heterocycles. The van der Waals surface area contributed by atoms with Crippen molar-refractivity contribution in [2.24, 2.45) is 0 Å². The number of rotatable bonds is 17. The number of nitrogens with two attached hydrogens (primary N) is 2. The summed E-state index contributed by atoms with van der Waals surface area (Å²) in [6.07, 6.45) is -0.270. The molecule has 4 aromatic carbocycles. The Morgan fingerprint density at radius 1 is 0.708 bits per heavy atom. The second kappa shape index (κ2) is 19.5. The fraction of sp³-hybridized carbons (Fsp3) is 0.320. The summed E-state index contributed by atoms with van der Waals surface area (Å²) in [4.78, 5) is 26.0. The van der Waals surface area contributed by atoms with Crippen molar-refractivity contribution < 1.29 is 47.1 Å². The summed E-state index contributed by atoms with van der Waals surface area (Å²) in [5.41, 5.74) is 16.7. The lowest BCUT2D eigenvalue weighted by Crippen LogP contribution is -2.39. The van der Waals surface area contributed by atoms with E-state index < -0.39 is 56.3 Å². The Morgan fingerprint density at radius 2 is 1.31 bits per heavy atom. The van der Waals surface area contributed by atoms with Crippen molar-refractivity contribution in [1.82, 2.24) is 39.0 Å². The monoisotopic (exact) mass is 997 g/mol. The number of imidazole rings is 2. The van der Waals surface area contributed by atoms with Crippen LogP contribution < -0.4 is 25.6 Å². The van der Waals surface area contributed by atoms with E-state index in [0.29, 0.717) is 52.5 Å². The molecule has 11 rings (SSSR count). The third-order valence-electron chi connectivity index (χ3n) is 13.6. The van der Waals surface area contributed by atoms with Crippen LogP contribution in [0.1, 0.15) is 41.1 Å². The van der Waals surface area contributed by atoms with E-state index in [2.05, 4.69) is 29.9 Å². The first kappa shape index (κ1) is 47.3. The van der Waals surface area contributed by atoms with Crippen LogP contribution in [-0.4, -0.2) is 116 Å².